The van der Waals surface area contributed by atoms with Crippen LogP contribution in [0, 0.1) is 0 Å². The highest BCUT2D eigenvalue weighted by molar-refractivity contribution is 7.99. The molecule has 0 amide bonds. The Morgan fingerprint density at radius 3 is 2.53 bits per heavy atom. The van der Waals surface area contributed by atoms with Gasteiger partial charge < -0.3 is 15.9 Å². The number of aliphatic hydroxyl groups excluding tert-OH is 2. The molecular weight excluding hydrogens is 210 g/mol. The molecule has 0 fully saturated rings. The van der Waals surface area contributed by atoms with Crippen LogP contribution in [0.3, 0.4) is 0 Å². The fourth-order valence-electron chi connectivity index (χ4n) is 1.18. The standard InChI is InChI=1S/C11H17NO2S/c12-10-4-2-9(3-5-10)11(14)8-15-7-1-6-13/h2-5,11,13-14H,1,6-8,12H2. The first-order chi connectivity index (χ1) is 7.24. The maximum absolute atomic E-state index is 9.79. The highest BCUT2D eigenvalue weighted by Crippen LogP contribution is 2.19. The van der Waals surface area contributed by atoms with Gasteiger partial charge in [-0.3, -0.25) is 0 Å². The van der Waals surface area contributed by atoms with E-state index in [4.69, 9.17) is 10.8 Å². The van der Waals surface area contributed by atoms with E-state index in [0.29, 0.717) is 11.4 Å². The summed E-state index contributed by atoms with van der Waals surface area (Å²) in [6.07, 6.45) is 0.327. The minimum absolute atomic E-state index is 0.213. The molecule has 3 nitrogen and oxygen atoms in total. The summed E-state index contributed by atoms with van der Waals surface area (Å²) in [7, 11) is 0. The van der Waals surface area contributed by atoms with Gasteiger partial charge >= 0.3 is 0 Å². The molecule has 0 saturated heterocycles. The van der Waals surface area contributed by atoms with Crippen LogP contribution in [0.15, 0.2) is 24.3 Å². The number of rotatable bonds is 6. The topological polar surface area (TPSA) is 66.5 Å². The summed E-state index contributed by atoms with van der Waals surface area (Å²) in [5.41, 5.74) is 7.15. The first kappa shape index (κ1) is 12.4. The molecule has 15 heavy (non-hydrogen) atoms. The monoisotopic (exact) mass is 227 g/mol. The average Bonchev–Trinajstić information content (AvgIpc) is 2.25. The summed E-state index contributed by atoms with van der Waals surface area (Å²) in [4.78, 5) is 0. The molecule has 0 aliphatic heterocycles. The Morgan fingerprint density at radius 1 is 1.27 bits per heavy atom. The van der Waals surface area contributed by atoms with Gasteiger partial charge in [-0.05, 0) is 29.9 Å². The average molecular weight is 227 g/mol. The Bertz CT molecular complexity index is 276. The summed E-state index contributed by atoms with van der Waals surface area (Å²) in [6.45, 7) is 0.213. The summed E-state index contributed by atoms with van der Waals surface area (Å²) < 4.78 is 0. The zero-order valence-corrected chi connectivity index (χ0v) is 9.41. The highest BCUT2D eigenvalue weighted by Gasteiger charge is 2.06. The Hall–Kier alpha value is -0.710. The molecule has 0 spiro atoms. The Kier molecular flexibility index (Phi) is 5.53. The maximum Gasteiger partial charge on any atom is 0.0880 e. The lowest BCUT2D eigenvalue weighted by atomic mass is 10.1. The molecular formula is C11H17NO2S. The number of anilines is 1. The molecule has 4 N–H and O–H groups in total. The van der Waals surface area contributed by atoms with Crippen molar-refractivity contribution in [3.63, 3.8) is 0 Å². The highest BCUT2D eigenvalue weighted by atomic mass is 32.2. The molecule has 1 aromatic carbocycles. The lowest BCUT2D eigenvalue weighted by Crippen LogP contribution is -2.01. The van der Waals surface area contributed by atoms with E-state index >= 15 is 0 Å². The van der Waals surface area contributed by atoms with Crippen molar-refractivity contribution in [2.75, 3.05) is 23.8 Å². The van der Waals surface area contributed by atoms with E-state index in [1.807, 2.05) is 12.1 Å². The third kappa shape index (κ3) is 4.55. The van der Waals surface area contributed by atoms with Crippen molar-refractivity contribution >= 4 is 17.4 Å². The molecule has 0 heterocycles. The van der Waals surface area contributed by atoms with Crippen molar-refractivity contribution < 1.29 is 10.2 Å². The van der Waals surface area contributed by atoms with Gasteiger partial charge in [0.2, 0.25) is 0 Å². The molecule has 0 bridgehead atoms. The Balaban J connectivity index is 2.33. The third-order valence-corrected chi connectivity index (χ3v) is 3.17. The second-order valence-corrected chi connectivity index (χ2v) is 4.48. The number of hydrogen-bond acceptors (Lipinski definition) is 4. The quantitative estimate of drug-likeness (QED) is 0.508. The van der Waals surface area contributed by atoms with Crippen LogP contribution in [0.25, 0.3) is 0 Å². The van der Waals surface area contributed by atoms with Crippen molar-refractivity contribution in [1.82, 2.24) is 0 Å². The van der Waals surface area contributed by atoms with Crippen LogP contribution in [0.4, 0.5) is 5.69 Å². The summed E-state index contributed by atoms with van der Waals surface area (Å²) >= 11 is 1.64. The summed E-state index contributed by atoms with van der Waals surface area (Å²) in [5.74, 6) is 1.53. The van der Waals surface area contributed by atoms with Crippen LogP contribution in [-0.4, -0.2) is 28.3 Å². The van der Waals surface area contributed by atoms with E-state index in [0.717, 1.165) is 17.7 Å². The molecule has 84 valence electrons. The zero-order chi connectivity index (χ0) is 11.1. The first-order valence-electron chi connectivity index (χ1n) is 4.96. The number of nitrogen functional groups attached to an aromatic ring is 1. The lowest BCUT2D eigenvalue weighted by molar-refractivity contribution is 0.204. The Labute approximate surface area is 94.3 Å². The summed E-state index contributed by atoms with van der Waals surface area (Å²) in [5, 5.41) is 18.4. The third-order valence-electron chi connectivity index (χ3n) is 2.04. The van der Waals surface area contributed by atoms with Gasteiger partial charge in [0, 0.05) is 18.0 Å². The van der Waals surface area contributed by atoms with Gasteiger partial charge in [0.25, 0.3) is 0 Å². The van der Waals surface area contributed by atoms with E-state index in [2.05, 4.69) is 0 Å². The molecule has 1 atom stereocenters. The van der Waals surface area contributed by atoms with E-state index in [1.54, 1.807) is 23.9 Å². The molecule has 0 aliphatic rings. The van der Waals surface area contributed by atoms with E-state index in [9.17, 15) is 5.11 Å². The van der Waals surface area contributed by atoms with Gasteiger partial charge in [-0.2, -0.15) is 11.8 Å². The van der Waals surface area contributed by atoms with Crippen LogP contribution in [0.5, 0.6) is 0 Å². The molecule has 0 aromatic heterocycles. The van der Waals surface area contributed by atoms with Crippen LogP contribution in [0.1, 0.15) is 18.1 Å². The lowest BCUT2D eigenvalue weighted by Gasteiger charge is -2.10. The van der Waals surface area contributed by atoms with E-state index in [-0.39, 0.29) is 6.61 Å². The first-order valence-corrected chi connectivity index (χ1v) is 6.11. The molecule has 0 aliphatic carbocycles. The van der Waals surface area contributed by atoms with Crippen LogP contribution < -0.4 is 5.73 Å². The minimum atomic E-state index is -0.450. The van der Waals surface area contributed by atoms with Crippen molar-refractivity contribution in [3.8, 4) is 0 Å². The van der Waals surface area contributed by atoms with Gasteiger partial charge in [-0.1, -0.05) is 12.1 Å². The number of thioether (sulfide) groups is 1. The number of hydrogen-bond donors (Lipinski definition) is 3. The van der Waals surface area contributed by atoms with Crippen LogP contribution in [-0.2, 0) is 0 Å². The smallest absolute Gasteiger partial charge is 0.0880 e. The molecule has 1 unspecified atom stereocenters. The molecule has 0 radical (unpaired) electrons. The maximum atomic E-state index is 9.79. The predicted molar refractivity (Wildman–Crippen MR) is 64.8 cm³/mol. The van der Waals surface area contributed by atoms with Gasteiger partial charge in [0.05, 0.1) is 6.10 Å². The van der Waals surface area contributed by atoms with Crippen molar-refractivity contribution in [2.24, 2.45) is 0 Å². The van der Waals surface area contributed by atoms with Gasteiger partial charge in [0.15, 0.2) is 0 Å². The minimum Gasteiger partial charge on any atom is -0.399 e. The molecule has 4 heteroatoms. The van der Waals surface area contributed by atoms with Gasteiger partial charge in [-0.15, -0.1) is 0 Å². The molecule has 0 saturated carbocycles. The molecule has 1 rings (SSSR count). The summed E-state index contributed by atoms with van der Waals surface area (Å²) in [6, 6.07) is 7.26. The molecule has 1 aromatic rings. The van der Waals surface area contributed by atoms with Crippen molar-refractivity contribution in [1.29, 1.82) is 0 Å². The van der Waals surface area contributed by atoms with E-state index < -0.39 is 6.10 Å². The van der Waals surface area contributed by atoms with Crippen molar-refractivity contribution in [3.05, 3.63) is 29.8 Å². The number of aliphatic hydroxyl groups is 2. The predicted octanol–water partition coefficient (Wildman–Crippen LogP) is 1.42. The fraction of sp³-hybridized carbons (Fsp3) is 0.455. The second-order valence-electron chi connectivity index (χ2n) is 3.33. The van der Waals surface area contributed by atoms with Crippen LogP contribution in [0.2, 0.25) is 0 Å². The fourth-order valence-corrected chi connectivity index (χ4v) is 2.09. The van der Waals surface area contributed by atoms with Crippen LogP contribution >= 0.6 is 11.8 Å². The van der Waals surface area contributed by atoms with Gasteiger partial charge in [0.1, 0.15) is 0 Å². The largest absolute Gasteiger partial charge is 0.399 e. The Morgan fingerprint density at radius 2 is 1.93 bits per heavy atom. The second kappa shape index (κ2) is 6.71. The van der Waals surface area contributed by atoms with Gasteiger partial charge in [-0.25, -0.2) is 0 Å². The normalized spacial score (nSPS) is 12.7. The SMILES string of the molecule is Nc1ccc(C(O)CSCCCO)cc1. The number of benzene rings is 1. The number of nitrogens with two attached hydrogens (primary N) is 1. The van der Waals surface area contributed by atoms with E-state index in [1.165, 1.54) is 0 Å². The van der Waals surface area contributed by atoms with Crippen molar-refractivity contribution in [2.45, 2.75) is 12.5 Å². The zero-order valence-electron chi connectivity index (χ0n) is 8.60.